The second-order valence-corrected chi connectivity index (χ2v) is 4.89. The average Bonchev–Trinajstić information content (AvgIpc) is 2.88. The van der Waals surface area contributed by atoms with Crippen LogP contribution in [0.4, 0.5) is 0 Å². The molecule has 0 radical (unpaired) electrons. The van der Waals surface area contributed by atoms with E-state index in [9.17, 15) is 4.79 Å². The minimum Gasteiger partial charge on any atom is -0.326 e. The van der Waals surface area contributed by atoms with Crippen LogP contribution >= 0.6 is 22.7 Å². The standard InChI is InChI=1S/C10H9NOS2/c11-6-7-3-4-9(14-7)10(12)8-2-1-5-13-8/h1-5H,6,11H2. The van der Waals surface area contributed by atoms with Crippen LogP contribution in [0.3, 0.4) is 0 Å². The van der Waals surface area contributed by atoms with E-state index in [-0.39, 0.29) is 5.78 Å². The molecule has 2 nitrogen and oxygen atoms in total. The van der Waals surface area contributed by atoms with Gasteiger partial charge in [-0.3, -0.25) is 4.79 Å². The number of hydrogen-bond donors (Lipinski definition) is 1. The zero-order chi connectivity index (χ0) is 9.97. The van der Waals surface area contributed by atoms with Crippen LogP contribution in [0.5, 0.6) is 0 Å². The summed E-state index contributed by atoms with van der Waals surface area (Å²) in [5.41, 5.74) is 5.48. The van der Waals surface area contributed by atoms with Gasteiger partial charge in [0.05, 0.1) is 9.75 Å². The Kier molecular flexibility index (Phi) is 2.77. The molecule has 14 heavy (non-hydrogen) atoms. The molecule has 0 amide bonds. The zero-order valence-electron chi connectivity index (χ0n) is 7.40. The number of hydrogen-bond acceptors (Lipinski definition) is 4. The molecule has 2 rings (SSSR count). The zero-order valence-corrected chi connectivity index (χ0v) is 9.03. The molecule has 0 saturated heterocycles. The smallest absolute Gasteiger partial charge is 0.212 e. The third-order valence-corrected chi connectivity index (χ3v) is 3.81. The van der Waals surface area contributed by atoms with E-state index in [1.54, 1.807) is 0 Å². The molecule has 2 aromatic rings. The topological polar surface area (TPSA) is 43.1 Å². The number of thiophene rings is 2. The van der Waals surface area contributed by atoms with E-state index in [2.05, 4.69) is 0 Å². The van der Waals surface area contributed by atoms with Crippen LogP contribution < -0.4 is 5.73 Å². The fourth-order valence-electron chi connectivity index (χ4n) is 1.14. The first kappa shape index (κ1) is 9.58. The second-order valence-electron chi connectivity index (χ2n) is 2.78. The summed E-state index contributed by atoms with van der Waals surface area (Å²) in [7, 11) is 0. The third kappa shape index (κ3) is 1.77. The normalized spacial score (nSPS) is 10.4. The van der Waals surface area contributed by atoms with Crippen molar-refractivity contribution in [1.82, 2.24) is 0 Å². The molecule has 0 aliphatic carbocycles. The maximum atomic E-state index is 11.8. The molecular formula is C10H9NOS2. The van der Waals surface area contributed by atoms with Gasteiger partial charge in [0.25, 0.3) is 0 Å². The van der Waals surface area contributed by atoms with Gasteiger partial charge >= 0.3 is 0 Å². The van der Waals surface area contributed by atoms with Crippen LogP contribution in [0.1, 0.15) is 19.4 Å². The van der Waals surface area contributed by atoms with Gasteiger partial charge in [0.2, 0.25) is 5.78 Å². The molecule has 0 bridgehead atoms. The van der Waals surface area contributed by atoms with E-state index in [0.717, 1.165) is 14.6 Å². The summed E-state index contributed by atoms with van der Waals surface area (Å²) in [6, 6.07) is 7.48. The van der Waals surface area contributed by atoms with Gasteiger partial charge in [0.1, 0.15) is 0 Å². The van der Waals surface area contributed by atoms with Gasteiger partial charge in [0.15, 0.2) is 0 Å². The lowest BCUT2D eigenvalue weighted by Gasteiger charge is -1.91. The molecular weight excluding hydrogens is 214 g/mol. The van der Waals surface area contributed by atoms with Crippen molar-refractivity contribution in [2.24, 2.45) is 5.73 Å². The van der Waals surface area contributed by atoms with E-state index < -0.39 is 0 Å². The molecule has 2 heterocycles. The summed E-state index contributed by atoms with van der Waals surface area (Å²) in [5.74, 6) is 0.102. The summed E-state index contributed by atoms with van der Waals surface area (Å²) in [5, 5.41) is 1.91. The van der Waals surface area contributed by atoms with E-state index in [4.69, 9.17) is 5.73 Å². The fourth-order valence-corrected chi connectivity index (χ4v) is 2.72. The Hall–Kier alpha value is -0.970. The van der Waals surface area contributed by atoms with Crippen molar-refractivity contribution in [1.29, 1.82) is 0 Å². The van der Waals surface area contributed by atoms with Gasteiger partial charge in [-0.1, -0.05) is 6.07 Å². The summed E-state index contributed by atoms with van der Waals surface area (Å²) < 4.78 is 0. The highest BCUT2D eigenvalue weighted by Gasteiger charge is 2.11. The largest absolute Gasteiger partial charge is 0.326 e. The Morgan fingerprint density at radius 3 is 2.71 bits per heavy atom. The fraction of sp³-hybridized carbons (Fsp3) is 0.100. The Balaban J connectivity index is 2.28. The molecule has 0 unspecified atom stereocenters. The maximum absolute atomic E-state index is 11.8. The van der Waals surface area contributed by atoms with Crippen LogP contribution in [0.25, 0.3) is 0 Å². The highest BCUT2D eigenvalue weighted by Crippen LogP contribution is 2.21. The molecule has 0 aromatic carbocycles. The highest BCUT2D eigenvalue weighted by molar-refractivity contribution is 7.16. The van der Waals surface area contributed by atoms with Crippen molar-refractivity contribution in [2.75, 3.05) is 0 Å². The van der Waals surface area contributed by atoms with E-state index in [1.165, 1.54) is 22.7 Å². The molecule has 2 N–H and O–H groups in total. The number of nitrogens with two attached hydrogens (primary N) is 1. The minimum absolute atomic E-state index is 0.102. The summed E-state index contributed by atoms with van der Waals surface area (Å²) in [6.07, 6.45) is 0. The molecule has 0 aliphatic heterocycles. The van der Waals surface area contributed by atoms with Crippen LogP contribution in [0.15, 0.2) is 29.6 Å². The lowest BCUT2D eigenvalue weighted by Crippen LogP contribution is -1.94. The first-order valence-corrected chi connectivity index (χ1v) is 5.88. The molecule has 4 heteroatoms. The van der Waals surface area contributed by atoms with Crippen molar-refractivity contribution in [3.05, 3.63) is 44.3 Å². The predicted molar refractivity (Wildman–Crippen MR) is 60.0 cm³/mol. The van der Waals surface area contributed by atoms with Crippen molar-refractivity contribution in [3.8, 4) is 0 Å². The Bertz CT molecular complexity index is 431. The third-order valence-electron chi connectivity index (χ3n) is 1.83. The first-order chi connectivity index (χ1) is 6.81. The van der Waals surface area contributed by atoms with Gasteiger partial charge in [-0.2, -0.15) is 0 Å². The van der Waals surface area contributed by atoms with E-state index >= 15 is 0 Å². The van der Waals surface area contributed by atoms with Crippen molar-refractivity contribution in [3.63, 3.8) is 0 Å². The van der Waals surface area contributed by atoms with Crippen LogP contribution in [0, 0.1) is 0 Å². The molecule has 2 aromatic heterocycles. The minimum atomic E-state index is 0.102. The first-order valence-electron chi connectivity index (χ1n) is 4.18. The lowest BCUT2D eigenvalue weighted by atomic mass is 10.3. The van der Waals surface area contributed by atoms with Crippen molar-refractivity contribution in [2.45, 2.75) is 6.54 Å². The average molecular weight is 223 g/mol. The van der Waals surface area contributed by atoms with Gasteiger partial charge in [-0.15, -0.1) is 22.7 Å². The quantitative estimate of drug-likeness (QED) is 0.812. The molecule has 72 valence electrons. The van der Waals surface area contributed by atoms with Crippen molar-refractivity contribution < 1.29 is 4.79 Å². The van der Waals surface area contributed by atoms with Crippen LogP contribution in [-0.4, -0.2) is 5.78 Å². The Morgan fingerprint density at radius 1 is 1.29 bits per heavy atom. The second kappa shape index (κ2) is 4.04. The van der Waals surface area contributed by atoms with E-state index in [1.807, 2.05) is 29.6 Å². The van der Waals surface area contributed by atoms with Crippen LogP contribution in [-0.2, 0) is 6.54 Å². The SMILES string of the molecule is NCc1ccc(C(=O)c2cccs2)s1. The molecule has 0 spiro atoms. The molecule has 0 fully saturated rings. The summed E-state index contributed by atoms with van der Waals surface area (Å²) >= 11 is 2.94. The van der Waals surface area contributed by atoms with Gasteiger partial charge in [0, 0.05) is 11.4 Å². The molecule has 0 atom stereocenters. The Morgan fingerprint density at radius 2 is 2.14 bits per heavy atom. The number of ketones is 1. The van der Waals surface area contributed by atoms with Gasteiger partial charge < -0.3 is 5.73 Å². The summed E-state index contributed by atoms with van der Waals surface area (Å²) in [6.45, 7) is 0.502. The van der Waals surface area contributed by atoms with Gasteiger partial charge in [-0.25, -0.2) is 0 Å². The van der Waals surface area contributed by atoms with Crippen molar-refractivity contribution >= 4 is 28.5 Å². The predicted octanol–water partition coefficient (Wildman–Crippen LogP) is 2.50. The van der Waals surface area contributed by atoms with Gasteiger partial charge in [-0.05, 0) is 23.6 Å². The molecule has 0 saturated carbocycles. The van der Waals surface area contributed by atoms with Crippen LogP contribution in [0.2, 0.25) is 0 Å². The molecule has 0 aliphatic rings. The number of carbonyl (C=O) groups is 1. The van der Waals surface area contributed by atoms with E-state index in [0.29, 0.717) is 6.54 Å². The highest BCUT2D eigenvalue weighted by atomic mass is 32.1. The lowest BCUT2D eigenvalue weighted by molar-refractivity contribution is 0.104. The maximum Gasteiger partial charge on any atom is 0.212 e. The Labute approximate surface area is 90.0 Å². The monoisotopic (exact) mass is 223 g/mol. The summed E-state index contributed by atoms with van der Waals surface area (Å²) in [4.78, 5) is 14.4. The number of carbonyl (C=O) groups excluding carboxylic acids is 1. The number of rotatable bonds is 3.